The normalized spacial score (nSPS) is 63.0. The highest BCUT2D eigenvalue weighted by molar-refractivity contribution is 5.08. The minimum Gasteiger partial charge on any atom is -0.363 e. The maximum absolute atomic E-state index is 10.1. The highest BCUT2D eigenvalue weighted by Crippen LogP contribution is 2.54. The van der Waals surface area contributed by atoms with Gasteiger partial charge in [-0.2, -0.15) is 0 Å². The van der Waals surface area contributed by atoms with Crippen molar-refractivity contribution >= 4 is 0 Å². The first-order chi connectivity index (χ1) is 6.12. The Labute approximate surface area is 83.8 Å². The molecule has 2 bridgehead atoms. The molecule has 2 N–H and O–H groups in total. The van der Waals surface area contributed by atoms with Gasteiger partial charge in [0, 0.05) is 0 Å². The van der Waals surface area contributed by atoms with E-state index in [1.807, 2.05) is 0 Å². The first-order valence-corrected chi connectivity index (χ1v) is 4.97. The van der Waals surface area contributed by atoms with Crippen molar-refractivity contribution < 1.29 is 19.7 Å². The molecular weight excluding hydrogens is 184 g/mol. The fraction of sp³-hybridized carbons (Fsp3) is 1.00. The van der Waals surface area contributed by atoms with Crippen LogP contribution in [0.2, 0.25) is 0 Å². The molecule has 0 aliphatic carbocycles. The quantitative estimate of drug-likeness (QED) is 0.609. The van der Waals surface area contributed by atoms with Crippen LogP contribution in [0.1, 0.15) is 40.5 Å². The van der Waals surface area contributed by atoms with Gasteiger partial charge in [-0.15, -0.1) is 0 Å². The molecule has 3 fully saturated rings. The number of ether oxygens (including phenoxy) is 2. The molecule has 3 aliphatic heterocycles. The maximum Gasteiger partial charge on any atom is 0.192 e. The van der Waals surface area contributed by atoms with Gasteiger partial charge in [-0.05, 0) is 40.5 Å². The molecule has 3 aliphatic rings. The Bertz CT molecular complexity index is 245. The van der Waals surface area contributed by atoms with Crippen LogP contribution in [0.5, 0.6) is 0 Å². The molecule has 3 saturated heterocycles. The molecular formula is C10H18O4. The SMILES string of the molecule is C[C@]1(O)O[C@]2(C)CC[C@]1(C)O[C@@]2(C)O. The summed E-state index contributed by atoms with van der Waals surface area (Å²) in [4.78, 5) is 0. The van der Waals surface area contributed by atoms with E-state index in [-0.39, 0.29) is 0 Å². The van der Waals surface area contributed by atoms with Gasteiger partial charge in [-0.25, -0.2) is 0 Å². The van der Waals surface area contributed by atoms with Gasteiger partial charge in [-0.3, -0.25) is 0 Å². The third kappa shape index (κ3) is 1.03. The smallest absolute Gasteiger partial charge is 0.192 e. The Kier molecular flexibility index (Phi) is 1.72. The van der Waals surface area contributed by atoms with Crippen LogP contribution in [0.3, 0.4) is 0 Å². The average Bonchev–Trinajstić information content (AvgIpc) is 1.94. The molecule has 4 heteroatoms. The van der Waals surface area contributed by atoms with Crippen LogP contribution in [0, 0.1) is 0 Å². The average molecular weight is 202 g/mol. The van der Waals surface area contributed by atoms with Crippen molar-refractivity contribution in [1.29, 1.82) is 0 Å². The van der Waals surface area contributed by atoms with Gasteiger partial charge in [0.1, 0.15) is 11.2 Å². The van der Waals surface area contributed by atoms with Gasteiger partial charge in [0.25, 0.3) is 0 Å². The molecule has 0 aromatic rings. The Morgan fingerprint density at radius 2 is 1.07 bits per heavy atom. The molecule has 82 valence electrons. The van der Waals surface area contributed by atoms with Crippen molar-refractivity contribution in [2.75, 3.05) is 0 Å². The van der Waals surface area contributed by atoms with Gasteiger partial charge < -0.3 is 19.7 Å². The topological polar surface area (TPSA) is 58.9 Å². The van der Waals surface area contributed by atoms with Crippen LogP contribution < -0.4 is 0 Å². The molecule has 3 heterocycles. The lowest BCUT2D eigenvalue weighted by Gasteiger charge is -2.63. The van der Waals surface area contributed by atoms with Gasteiger partial charge in [0.2, 0.25) is 0 Å². The number of aliphatic hydroxyl groups is 2. The summed E-state index contributed by atoms with van der Waals surface area (Å²) in [5, 5.41) is 20.1. The Morgan fingerprint density at radius 1 is 0.786 bits per heavy atom. The molecule has 0 aromatic heterocycles. The summed E-state index contributed by atoms with van der Waals surface area (Å²) in [5.74, 6) is -2.66. The monoisotopic (exact) mass is 202 g/mol. The molecule has 0 unspecified atom stereocenters. The van der Waals surface area contributed by atoms with E-state index in [9.17, 15) is 10.2 Å². The van der Waals surface area contributed by atoms with E-state index in [4.69, 9.17) is 9.47 Å². The van der Waals surface area contributed by atoms with Gasteiger partial charge in [0.15, 0.2) is 11.6 Å². The Hall–Kier alpha value is -0.160. The van der Waals surface area contributed by atoms with Crippen LogP contribution in [-0.4, -0.2) is 33.0 Å². The van der Waals surface area contributed by atoms with E-state index >= 15 is 0 Å². The lowest BCUT2D eigenvalue weighted by molar-refractivity contribution is -0.497. The summed E-state index contributed by atoms with van der Waals surface area (Å²) in [5.41, 5.74) is -1.65. The molecule has 0 aromatic carbocycles. The number of rotatable bonds is 0. The third-order valence-corrected chi connectivity index (χ3v) is 3.89. The fourth-order valence-electron chi connectivity index (χ4n) is 2.33. The van der Waals surface area contributed by atoms with Crippen molar-refractivity contribution in [1.82, 2.24) is 0 Å². The van der Waals surface area contributed by atoms with E-state index in [0.29, 0.717) is 12.8 Å². The predicted molar refractivity (Wildman–Crippen MR) is 49.5 cm³/mol. The summed E-state index contributed by atoms with van der Waals surface area (Å²) in [7, 11) is 0. The first-order valence-electron chi connectivity index (χ1n) is 4.97. The summed E-state index contributed by atoms with van der Waals surface area (Å²) in [6.07, 6.45) is 1.37. The van der Waals surface area contributed by atoms with Crippen molar-refractivity contribution in [2.45, 2.75) is 63.3 Å². The van der Waals surface area contributed by atoms with Crippen LogP contribution in [0.4, 0.5) is 0 Å². The molecule has 0 radical (unpaired) electrons. The van der Waals surface area contributed by atoms with E-state index in [1.165, 1.54) is 0 Å². The summed E-state index contributed by atoms with van der Waals surface area (Å²) in [6.45, 7) is 6.69. The van der Waals surface area contributed by atoms with Crippen molar-refractivity contribution in [3.05, 3.63) is 0 Å². The summed E-state index contributed by atoms with van der Waals surface area (Å²) < 4.78 is 11.1. The van der Waals surface area contributed by atoms with Crippen LogP contribution in [-0.2, 0) is 9.47 Å². The zero-order chi connectivity index (χ0) is 10.8. The highest BCUT2D eigenvalue weighted by atomic mass is 16.8. The molecule has 0 saturated carbocycles. The Balaban J connectivity index is 2.43. The summed E-state index contributed by atoms with van der Waals surface area (Å²) in [6, 6.07) is 0. The standard InChI is InChI=1S/C10H18O4/c1-7-5-6-8(2,10(4,12)13-7)14-9(7,3)11/h11-12H,5-6H2,1-4H3/t7-,8+,9-,10+. The number of hydrogen-bond donors (Lipinski definition) is 2. The molecule has 0 amide bonds. The lowest BCUT2D eigenvalue weighted by Crippen LogP contribution is -2.76. The van der Waals surface area contributed by atoms with Crippen molar-refractivity contribution in [3.63, 3.8) is 0 Å². The molecule has 14 heavy (non-hydrogen) atoms. The second-order valence-corrected chi connectivity index (χ2v) is 5.13. The van der Waals surface area contributed by atoms with E-state index in [0.717, 1.165) is 0 Å². The molecule has 3 rings (SSSR count). The lowest BCUT2D eigenvalue weighted by atomic mass is 9.74. The van der Waals surface area contributed by atoms with Crippen LogP contribution in [0.15, 0.2) is 0 Å². The van der Waals surface area contributed by atoms with E-state index < -0.39 is 22.8 Å². The van der Waals surface area contributed by atoms with Gasteiger partial charge in [0.05, 0.1) is 0 Å². The van der Waals surface area contributed by atoms with Gasteiger partial charge >= 0.3 is 0 Å². The zero-order valence-corrected chi connectivity index (χ0v) is 9.13. The largest absolute Gasteiger partial charge is 0.363 e. The molecule has 4 atom stereocenters. The second-order valence-electron chi connectivity index (χ2n) is 5.13. The molecule has 4 nitrogen and oxygen atoms in total. The Morgan fingerprint density at radius 3 is 1.29 bits per heavy atom. The zero-order valence-electron chi connectivity index (χ0n) is 9.13. The first kappa shape index (κ1) is 10.4. The minimum absolute atomic E-state index is 0.687. The third-order valence-electron chi connectivity index (χ3n) is 3.89. The second kappa shape index (κ2) is 2.32. The van der Waals surface area contributed by atoms with Crippen molar-refractivity contribution in [2.24, 2.45) is 0 Å². The minimum atomic E-state index is -1.33. The number of hydrogen-bond acceptors (Lipinski definition) is 4. The van der Waals surface area contributed by atoms with Crippen LogP contribution >= 0.6 is 0 Å². The van der Waals surface area contributed by atoms with E-state index in [1.54, 1.807) is 27.7 Å². The molecule has 0 spiro atoms. The van der Waals surface area contributed by atoms with E-state index in [2.05, 4.69) is 0 Å². The van der Waals surface area contributed by atoms with Crippen molar-refractivity contribution in [3.8, 4) is 0 Å². The van der Waals surface area contributed by atoms with Gasteiger partial charge in [-0.1, -0.05) is 0 Å². The number of fused-ring (bicyclic) bond motifs is 3. The maximum atomic E-state index is 10.1. The van der Waals surface area contributed by atoms with Crippen LogP contribution in [0.25, 0.3) is 0 Å². The highest BCUT2D eigenvalue weighted by Gasteiger charge is 2.67. The fourth-order valence-corrected chi connectivity index (χ4v) is 2.33. The predicted octanol–water partition coefficient (Wildman–Crippen LogP) is 0.761. The summed E-state index contributed by atoms with van der Waals surface area (Å²) >= 11 is 0.